The van der Waals surface area contributed by atoms with E-state index < -0.39 is 5.41 Å². The van der Waals surface area contributed by atoms with Crippen LogP contribution >= 0.6 is 0 Å². The Morgan fingerprint density at radius 3 is 2.62 bits per heavy atom. The monoisotopic (exact) mass is 356 g/mol. The van der Waals surface area contributed by atoms with Crippen LogP contribution in [-0.4, -0.2) is 42.1 Å². The Kier molecular flexibility index (Phi) is 4.50. The predicted octanol–water partition coefficient (Wildman–Crippen LogP) is 1.55. The number of benzene rings is 1. The Morgan fingerprint density at radius 1 is 1.27 bits per heavy atom. The van der Waals surface area contributed by atoms with Gasteiger partial charge in [-0.1, -0.05) is 12.1 Å². The first-order chi connectivity index (χ1) is 12.4. The van der Waals surface area contributed by atoms with Crippen molar-refractivity contribution in [2.45, 2.75) is 19.3 Å². The van der Waals surface area contributed by atoms with E-state index in [1.807, 2.05) is 0 Å². The van der Waals surface area contributed by atoms with E-state index in [4.69, 9.17) is 15.2 Å². The molecular weight excluding hydrogens is 336 g/mol. The summed E-state index contributed by atoms with van der Waals surface area (Å²) in [6.07, 6.45) is 1.26. The first kappa shape index (κ1) is 17.7. The molecule has 2 heterocycles. The van der Waals surface area contributed by atoms with E-state index in [1.54, 1.807) is 43.0 Å². The fourth-order valence-electron chi connectivity index (χ4n) is 2.84. The van der Waals surface area contributed by atoms with Gasteiger partial charge in [0, 0.05) is 5.69 Å². The van der Waals surface area contributed by atoms with Crippen molar-refractivity contribution in [3.05, 3.63) is 41.7 Å². The van der Waals surface area contributed by atoms with Crippen LogP contribution in [0, 0.1) is 0 Å². The van der Waals surface area contributed by atoms with Crippen molar-refractivity contribution in [1.82, 2.24) is 9.97 Å². The van der Waals surface area contributed by atoms with Crippen LogP contribution in [0.1, 0.15) is 29.8 Å². The molecular formula is C18H20N4O4. The van der Waals surface area contributed by atoms with Crippen LogP contribution in [0.25, 0.3) is 0 Å². The number of hydrogen-bond acceptors (Lipinski definition) is 7. The molecule has 0 saturated heterocycles. The fraction of sp³-hybridized carbons (Fsp3) is 0.333. The third-order valence-corrected chi connectivity index (χ3v) is 4.45. The zero-order valence-corrected chi connectivity index (χ0v) is 14.9. The highest BCUT2D eigenvalue weighted by molar-refractivity contribution is 6.10. The quantitative estimate of drug-likeness (QED) is 0.831. The van der Waals surface area contributed by atoms with E-state index in [2.05, 4.69) is 9.97 Å². The number of rotatable bonds is 3. The molecule has 2 N–H and O–H groups in total. The van der Waals surface area contributed by atoms with Gasteiger partial charge in [0.1, 0.15) is 24.3 Å². The fourth-order valence-corrected chi connectivity index (χ4v) is 2.84. The largest absolute Gasteiger partial charge is 0.475 e. The summed E-state index contributed by atoms with van der Waals surface area (Å²) in [4.78, 5) is 34.3. The Hall–Kier alpha value is -3.16. The zero-order valence-electron chi connectivity index (χ0n) is 14.9. The summed E-state index contributed by atoms with van der Waals surface area (Å²) in [5.41, 5.74) is 6.66. The number of carbonyl (C=O) groups excluding carboxylic acids is 2. The van der Waals surface area contributed by atoms with Crippen molar-refractivity contribution >= 4 is 23.4 Å². The molecule has 0 aliphatic carbocycles. The molecule has 2 aromatic rings. The van der Waals surface area contributed by atoms with E-state index in [-0.39, 0.29) is 35.7 Å². The van der Waals surface area contributed by atoms with Crippen LogP contribution in [0.3, 0.4) is 0 Å². The van der Waals surface area contributed by atoms with E-state index in [0.29, 0.717) is 12.2 Å². The molecule has 0 bridgehead atoms. The number of anilines is 2. The highest BCUT2D eigenvalue weighted by atomic mass is 16.5. The number of hydrogen-bond donors (Lipinski definition) is 1. The number of ether oxygens (including phenoxy) is 2. The van der Waals surface area contributed by atoms with Crippen LogP contribution in [0.4, 0.5) is 11.5 Å². The van der Waals surface area contributed by atoms with E-state index in [9.17, 15) is 9.59 Å². The highest BCUT2D eigenvalue weighted by Gasteiger charge is 2.32. The number of esters is 1. The van der Waals surface area contributed by atoms with Crippen LogP contribution in [0.5, 0.6) is 5.88 Å². The Bertz CT molecular complexity index is 849. The number of carbonyl (C=O) groups is 2. The normalized spacial score (nSPS) is 14.3. The van der Waals surface area contributed by atoms with E-state index >= 15 is 0 Å². The molecule has 3 rings (SSSR count). The van der Waals surface area contributed by atoms with Gasteiger partial charge in [0.05, 0.1) is 19.1 Å². The molecule has 8 nitrogen and oxygen atoms in total. The Balaban J connectivity index is 1.93. The lowest BCUT2D eigenvalue weighted by Gasteiger charge is -2.24. The maximum absolute atomic E-state index is 12.9. The smallest absolute Gasteiger partial charge is 0.315 e. The standard InChI is InChI=1S/C18H20N4O4/c1-18(2,17(24)25-3)11-4-6-12(7-5-11)22-8-9-26-15-13(16(22)23)14(19)20-10-21-15/h4-7,10H,8-9H2,1-3H3,(H2,19,20,21). The summed E-state index contributed by atoms with van der Waals surface area (Å²) < 4.78 is 10.4. The minimum atomic E-state index is -0.788. The van der Waals surface area contributed by atoms with Gasteiger partial charge in [-0.3, -0.25) is 9.59 Å². The van der Waals surface area contributed by atoms with Gasteiger partial charge in [0.25, 0.3) is 5.91 Å². The number of methoxy groups -OCH3 is 1. The molecule has 26 heavy (non-hydrogen) atoms. The second kappa shape index (κ2) is 6.62. The lowest BCUT2D eigenvalue weighted by molar-refractivity contribution is -0.146. The summed E-state index contributed by atoms with van der Waals surface area (Å²) in [5, 5.41) is 0. The number of nitrogens with two attached hydrogens (primary N) is 1. The van der Waals surface area contributed by atoms with Crippen molar-refractivity contribution in [3.63, 3.8) is 0 Å². The Morgan fingerprint density at radius 2 is 1.96 bits per heavy atom. The molecule has 1 aliphatic heterocycles. The van der Waals surface area contributed by atoms with Crippen molar-refractivity contribution in [3.8, 4) is 5.88 Å². The molecule has 8 heteroatoms. The minimum Gasteiger partial charge on any atom is -0.475 e. The molecule has 0 saturated carbocycles. The van der Waals surface area contributed by atoms with Crippen LogP contribution in [-0.2, 0) is 14.9 Å². The summed E-state index contributed by atoms with van der Waals surface area (Å²) >= 11 is 0. The van der Waals surface area contributed by atoms with E-state index in [1.165, 1.54) is 13.4 Å². The summed E-state index contributed by atoms with van der Waals surface area (Å²) in [5.74, 6) is -0.386. The number of amides is 1. The number of nitrogens with zero attached hydrogens (tertiary/aromatic N) is 3. The average molecular weight is 356 g/mol. The molecule has 1 aliphatic rings. The second-order valence-electron chi connectivity index (χ2n) is 6.41. The molecule has 0 unspecified atom stereocenters. The first-order valence-corrected chi connectivity index (χ1v) is 8.10. The van der Waals surface area contributed by atoms with Crippen LogP contribution in [0.15, 0.2) is 30.6 Å². The Labute approximate surface area is 150 Å². The molecule has 0 atom stereocenters. The summed E-state index contributed by atoms with van der Waals surface area (Å²) in [6.45, 7) is 4.19. The molecule has 0 radical (unpaired) electrons. The molecule has 1 amide bonds. The SMILES string of the molecule is COC(=O)C(C)(C)c1ccc(N2CCOc3ncnc(N)c3C2=O)cc1. The van der Waals surface area contributed by atoms with Gasteiger partial charge in [-0.05, 0) is 31.5 Å². The predicted molar refractivity (Wildman–Crippen MR) is 95.1 cm³/mol. The number of nitrogen functional groups attached to an aromatic ring is 1. The van der Waals surface area contributed by atoms with Gasteiger partial charge in [0.15, 0.2) is 0 Å². The molecule has 0 fully saturated rings. The van der Waals surface area contributed by atoms with Gasteiger partial charge in [-0.25, -0.2) is 9.97 Å². The van der Waals surface area contributed by atoms with Crippen molar-refractivity contribution in [2.75, 3.05) is 30.9 Å². The van der Waals surface area contributed by atoms with Crippen molar-refractivity contribution in [2.24, 2.45) is 0 Å². The number of aromatic nitrogens is 2. The van der Waals surface area contributed by atoms with Crippen molar-refractivity contribution < 1.29 is 19.1 Å². The third-order valence-electron chi connectivity index (χ3n) is 4.45. The van der Waals surface area contributed by atoms with Crippen LogP contribution in [0.2, 0.25) is 0 Å². The molecule has 136 valence electrons. The maximum Gasteiger partial charge on any atom is 0.315 e. The van der Waals surface area contributed by atoms with Gasteiger partial charge >= 0.3 is 5.97 Å². The van der Waals surface area contributed by atoms with Crippen molar-refractivity contribution in [1.29, 1.82) is 0 Å². The summed E-state index contributed by atoms with van der Waals surface area (Å²) in [7, 11) is 1.36. The first-order valence-electron chi connectivity index (χ1n) is 8.10. The van der Waals surface area contributed by atoms with Gasteiger partial charge in [-0.15, -0.1) is 0 Å². The topological polar surface area (TPSA) is 108 Å². The second-order valence-corrected chi connectivity index (χ2v) is 6.41. The number of fused-ring (bicyclic) bond motifs is 1. The van der Waals surface area contributed by atoms with Gasteiger partial charge in [0.2, 0.25) is 5.88 Å². The zero-order chi connectivity index (χ0) is 18.9. The highest BCUT2D eigenvalue weighted by Crippen LogP contribution is 2.30. The lowest BCUT2D eigenvalue weighted by atomic mass is 9.84. The van der Waals surface area contributed by atoms with Crippen LogP contribution < -0.4 is 15.4 Å². The molecule has 1 aromatic heterocycles. The molecule has 1 aromatic carbocycles. The van der Waals surface area contributed by atoms with Gasteiger partial charge < -0.3 is 20.1 Å². The van der Waals surface area contributed by atoms with Gasteiger partial charge in [-0.2, -0.15) is 0 Å². The average Bonchev–Trinajstić information content (AvgIpc) is 2.81. The lowest BCUT2D eigenvalue weighted by Crippen LogP contribution is -2.33. The van der Waals surface area contributed by atoms with E-state index in [0.717, 1.165) is 5.56 Å². The minimum absolute atomic E-state index is 0.0790. The third kappa shape index (κ3) is 2.94. The summed E-state index contributed by atoms with van der Waals surface area (Å²) in [6, 6.07) is 7.17. The maximum atomic E-state index is 12.9. The molecule has 0 spiro atoms.